The topological polar surface area (TPSA) is 38.1 Å². The molecule has 0 aliphatic heterocycles. The highest BCUT2D eigenvalue weighted by Crippen LogP contribution is 2.21. The first-order chi connectivity index (χ1) is 6.92. The van der Waals surface area contributed by atoms with Gasteiger partial charge in [0.05, 0.1) is 6.20 Å². The maximum absolute atomic E-state index is 5.27. The molecule has 14 heavy (non-hydrogen) atoms. The standard InChI is InChI=1S/C11H12N2O/c1-12-8-9-4-2-3-5-10(9)11-13-6-7-14-11/h2-7,12H,8H2,1H3. The van der Waals surface area contributed by atoms with E-state index >= 15 is 0 Å². The number of hydrogen-bond donors (Lipinski definition) is 1. The first kappa shape index (κ1) is 8.97. The molecule has 0 bridgehead atoms. The lowest BCUT2D eigenvalue weighted by atomic mass is 10.1. The van der Waals surface area contributed by atoms with Gasteiger partial charge in [-0.1, -0.05) is 18.2 Å². The second-order valence-electron chi connectivity index (χ2n) is 3.02. The van der Waals surface area contributed by atoms with Gasteiger partial charge in [0.15, 0.2) is 0 Å². The molecule has 2 rings (SSSR count). The number of nitrogens with zero attached hydrogens (tertiary/aromatic N) is 1. The molecule has 3 nitrogen and oxygen atoms in total. The van der Waals surface area contributed by atoms with Gasteiger partial charge in [-0.25, -0.2) is 4.98 Å². The maximum atomic E-state index is 5.27. The fourth-order valence-corrected chi connectivity index (χ4v) is 1.43. The molecule has 0 fully saturated rings. The summed E-state index contributed by atoms with van der Waals surface area (Å²) in [6, 6.07) is 8.08. The average Bonchev–Trinajstić information content (AvgIpc) is 2.72. The molecule has 1 heterocycles. The average molecular weight is 188 g/mol. The van der Waals surface area contributed by atoms with Gasteiger partial charge < -0.3 is 9.73 Å². The van der Waals surface area contributed by atoms with Crippen molar-refractivity contribution in [2.24, 2.45) is 0 Å². The number of hydrogen-bond acceptors (Lipinski definition) is 3. The van der Waals surface area contributed by atoms with E-state index in [-0.39, 0.29) is 0 Å². The highest BCUT2D eigenvalue weighted by Gasteiger charge is 2.06. The Hall–Kier alpha value is -1.61. The number of aromatic nitrogens is 1. The number of nitrogens with one attached hydrogen (secondary N) is 1. The van der Waals surface area contributed by atoms with Crippen molar-refractivity contribution in [1.29, 1.82) is 0 Å². The quantitative estimate of drug-likeness (QED) is 0.801. The summed E-state index contributed by atoms with van der Waals surface area (Å²) in [6.07, 6.45) is 3.25. The molecule has 3 heteroatoms. The molecule has 0 spiro atoms. The molecule has 0 saturated carbocycles. The Morgan fingerprint density at radius 2 is 2.21 bits per heavy atom. The second-order valence-corrected chi connectivity index (χ2v) is 3.02. The predicted molar refractivity (Wildman–Crippen MR) is 54.7 cm³/mol. The van der Waals surface area contributed by atoms with Crippen molar-refractivity contribution in [3.63, 3.8) is 0 Å². The molecule has 72 valence electrons. The van der Waals surface area contributed by atoms with Gasteiger partial charge in [-0.2, -0.15) is 0 Å². The van der Waals surface area contributed by atoms with E-state index in [0.717, 1.165) is 12.1 Å². The molecule has 2 aromatic rings. The Morgan fingerprint density at radius 1 is 1.36 bits per heavy atom. The highest BCUT2D eigenvalue weighted by molar-refractivity contribution is 5.58. The zero-order chi connectivity index (χ0) is 9.80. The van der Waals surface area contributed by atoms with Crippen LogP contribution >= 0.6 is 0 Å². The normalized spacial score (nSPS) is 10.4. The lowest BCUT2D eigenvalue weighted by Crippen LogP contribution is -2.06. The summed E-state index contributed by atoms with van der Waals surface area (Å²) in [5, 5.41) is 3.12. The summed E-state index contributed by atoms with van der Waals surface area (Å²) < 4.78 is 5.27. The van der Waals surface area contributed by atoms with Crippen LogP contribution in [0.3, 0.4) is 0 Å². The van der Waals surface area contributed by atoms with Gasteiger partial charge >= 0.3 is 0 Å². The second kappa shape index (κ2) is 4.07. The molecular formula is C11H12N2O. The monoisotopic (exact) mass is 188 g/mol. The molecule has 1 aromatic heterocycles. The summed E-state index contributed by atoms with van der Waals surface area (Å²) >= 11 is 0. The van der Waals surface area contributed by atoms with Gasteiger partial charge in [0.25, 0.3) is 0 Å². The van der Waals surface area contributed by atoms with Crippen molar-refractivity contribution >= 4 is 0 Å². The van der Waals surface area contributed by atoms with Crippen LogP contribution in [-0.2, 0) is 6.54 Å². The lowest BCUT2D eigenvalue weighted by Gasteiger charge is -2.04. The SMILES string of the molecule is CNCc1ccccc1-c1ncco1. The van der Waals surface area contributed by atoms with Gasteiger partial charge in [-0.15, -0.1) is 0 Å². The van der Waals surface area contributed by atoms with E-state index < -0.39 is 0 Å². The van der Waals surface area contributed by atoms with Crippen LogP contribution in [0.25, 0.3) is 11.5 Å². The third kappa shape index (κ3) is 1.67. The number of benzene rings is 1. The van der Waals surface area contributed by atoms with E-state index in [2.05, 4.69) is 16.4 Å². The van der Waals surface area contributed by atoms with Crippen LogP contribution in [0.5, 0.6) is 0 Å². The summed E-state index contributed by atoms with van der Waals surface area (Å²) in [4.78, 5) is 4.13. The van der Waals surface area contributed by atoms with Crippen molar-refractivity contribution in [1.82, 2.24) is 10.3 Å². The summed E-state index contributed by atoms with van der Waals surface area (Å²) in [5.74, 6) is 0.677. The third-order valence-corrected chi connectivity index (χ3v) is 2.05. The maximum Gasteiger partial charge on any atom is 0.226 e. The van der Waals surface area contributed by atoms with Crippen LogP contribution in [0.4, 0.5) is 0 Å². The molecule has 0 radical (unpaired) electrons. The molecule has 0 atom stereocenters. The van der Waals surface area contributed by atoms with Crippen LogP contribution in [0.15, 0.2) is 41.1 Å². The first-order valence-corrected chi connectivity index (χ1v) is 4.54. The lowest BCUT2D eigenvalue weighted by molar-refractivity contribution is 0.573. The number of rotatable bonds is 3. The van der Waals surface area contributed by atoms with E-state index in [1.54, 1.807) is 12.5 Å². The summed E-state index contributed by atoms with van der Waals surface area (Å²) in [7, 11) is 1.92. The molecule has 0 aliphatic carbocycles. The highest BCUT2D eigenvalue weighted by atomic mass is 16.3. The largest absolute Gasteiger partial charge is 0.445 e. The fourth-order valence-electron chi connectivity index (χ4n) is 1.43. The zero-order valence-corrected chi connectivity index (χ0v) is 8.03. The third-order valence-electron chi connectivity index (χ3n) is 2.05. The van der Waals surface area contributed by atoms with E-state index in [1.807, 2.05) is 25.2 Å². The van der Waals surface area contributed by atoms with Crippen LogP contribution < -0.4 is 5.32 Å². The smallest absolute Gasteiger partial charge is 0.226 e. The van der Waals surface area contributed by atoms with Gasteiger partial charge in [-0.05, 0) is 18.7 Å². The minimum absolute atomic E-state index is 0.677. The molecule has 0 saturated heterocycles. The van der Waals surface area contributed by atoms with Crippen LogP contribution in [0.1, 0.15) is 5.56 Å². The Kier molecular flexibility index (Phi) is 2.60. The van der Waals surface area contributed by atoms with Crippen molar-refractivity contribution in [3.05, 3.63) is 42.3 Å². The molecule has 1 N–H and O–H groups in total. The minimum Gasteiger partial charge on any atom is -0.445 e. The van der Waals surface area contributed by atoms with Crippen molar-refractivity contribution in [3.8, 4) is 11.5 Å². The summed E-state index contributed by atoms with van der Waals surface area (Å²) in [6.45, 7) is 0.818. The Morgan fingerprint density at radius 3 is 2.93 bits per heavy atom. The first-order valence-electron chi connectivity index (χ1n) is 4.54. The van der Waals surface area contributed by atoms with E-state index in [4.69, 9.17) is 4.42 Å². The zero-order valence-electron chi connectivity index (χ0n) is 8.03. The summed E-state index contributed by atoms with van der Waals surface area (Å²) in [5.41, 5.74) is 2.24. The van der Waals surface area contributed by atoms with Gasteiger partial charge in [0.2, 0.25) is 5.89 Å². The van der Waals surface area contributed by atoms with Crippen LogP contribution in [-0.4, -0.2) is 12.0 Å². The molecule has 0 aliphatic rings. The molecule has 1 aromatic carbocycles. The Labute approximate surface area is 82.8 Å². The predicted octanol–water partition coefficient (Wildman–Crippen LogP) is 2.06. The van der Waals surface area contributed by atoms with Gasteiger partial charge in [0.1, 0.15) is 6.26 Å². The van der Waals surface area contributed by atoms with Crippen molar-refractivity contribution in [2.45, 2.75) is 6.54 Å². The minimum atomic E-state index is 0.677. The van der Waals surface area contributed by atoms with Crippen LogP contribution in [0, 0.1) is 0 Å². The van der Waals surface area contributed by atoms with E-state index in [9.17, 15) is 0 Å². The molecule has 0 unspecified atom stereocenters. The van der Waals surface area contributed by atoms with Gasteiger partial charge in [-0.3, -0.25) is 0 Å². The molecule has 0 amide bonds. The Bertz CT molecular complexity index is 395. The molecular weight excluding hydrogens is 176 g/mol. The van der Waals surface area contributed by atoms with Gasteiger partial charge in [0, 0.05) is 12.1 Å². The van der Waals surface area contributed by atoms with Crippen LogP contribution in [0.2, 0.25) is 0 Å². The van der Waals surface area contributed by atoms with Crippen molar-refractivity contribution in [2.75, 3.05) is 7.05 Å². The number of oxazole rings is 1. The van der Waals surface area contributed by atoms with E-state index in [0.29, 0.717) is 5.89 Å². The van der Waals surface area contributed by atoms with Crippen molar-refractivity contribution < 1.29 is 4.42 Å². The fraction of sp³-hybridized carbons (Fsp3) is 0.182. The Balaban J connectivity index is 2.42. The van der Waals surface area contributed by atoms with E-state index in [1.165, 1.54) is 5.56 Å².